The number of ether oxygens (including phenoxy) is 1. The van der Waals surface area contributed by atoms with Crippen LogP contribution in [0.5, 0.6) is 0 Å². The highest BCUT2D eigenvalue weighted by Gasteiger charge is 2.18. The number of benzene rings is 1. The molecule has 2 unspecified atom stereocenters. The van der Waals surface area contributed by atoms with E-state index in [-0.39, 0.29) is 6.04 Å². The highest BCUT2D eigenvalue weighted by atomic mass is 16.5. The highest BCUT2D eigenvalue weighted by Crippen LogP contribution is 2.06. The van der Waals surface area contributed by atoms with Gasteiger partial charge < -0.3 is 15.2 Å². The molecule has 0 saturated carbocycles. The van der Waals surface area contributed by atoms with E-state index in [2.05, 4.69) is 5.32 Å². The van der Waals surface area contributed by atoms with Crippen LogP contribution in [0.25, 0.3) is 0 Å². The van der Waals surface area contributed by atoms with E-state index in [0.29, 0.717) is 13.0 Å². The Hall–Kier alpha value is -1.55. The number of aliphatic hydroxyl groups is 1. The molecule has 0 spiro atoms. The molecule has 0 heterocycles. The van der Waals surface area contributed by atoms with E-state index in [1.54, 1.807) is 6.92 Å². The standard InChI is InChI=1S/C15H23NO3/c1-3-4-10-19-15(18)16-14(12(2)17)11-13-8-6-5-7-9-13/h5-9,12,14,17H,3-4,10-11H2,1-2H3,(H,16,18). The number of amides is 1. The molecular weight excluding hydrogens is 242 g/mol. The molecule has 0 aromatic heterocycles. The van der Waals surface area contributed by atoms with Gasteiger partial charge in [0.2, 0.25) is 0 Å². The van der Waals surface area contributed by atoms with Crippen LogP contribution in [-0.4, -0.2) is 30.0 Å². The molecule has 0 bridgehead atoms. The number of carbonyl (C=O) groups excluding carboxylic acids is 1. The summed E-state index contributed by atoms with van der Waals surface area (Å²) in [6.07, 6.45) is 1.33. The summed E-state index contributed by atoms with van der Waals surface area (Å²) in [5.74, 6) is 0. The van der Waals surface area contributed by atoms with Crippen molar-refractivity contribution in [1.82, 2.24) is 5.32 Å². The summed E-state index contributed by atoms with van der Waals surface area (Å²) in [6.45, 7) is 4.12. The van der Waals surface area contributed by atoms with Crippen molar-refractivity contribution >= 4 is 6.09 Å². The lowest BCUT2D eigenvalue weighted by molar-refractivity contribution is 0.112. The van der Waals surface area contributed by atoms with E-state index < -0.39 is 12.2 Å². The third-order valence-corrected chi connectivity index (χ3v) is 2.92. The minimum atomic E-state index is -0.626. The molecule has 2 N–H and O–H groups in total. The van der Waals surface area contributed by atoms with Gasteiger partial charge in [0.25, 0.3) is 0 Å². The van der Waals surface area contributed by atoms with Crippen molar-refractivity contribution in [3.63, 3.8) is 0 Å². The molecule has 0 fully saturated rings. The van der Waals surface area contributed by atoms with Gasteiger partial charge in [0.1, 0.15) is 0 Å². The molecule has 0 aliphatic carbocycles. The molecule has 1 amide bonds. The Labute approximate surface area is 114 Å². The van der Waals surface area contributed by atoms with Crippen molar-refractivity contribution in [1.29, 1.82) is 0 Å². The number of nitrogens with one attached hydrogen (secondary N) is 1. The van der Waals surface area contributed by atoms with E-state index >= 15 is 0 Å². The number of alkyl carbamates (subject to hydrolysis) is 1. The summed E-state index contributed by atoms with van der Waals surface area (Å²) in [4.78, 5) is 11.6. The summed E-state index contributed by atoms with van der Waals surface area (Å²) in [5.41, 5.74) is 1.07. The maximum Gasteiger partial charge on any atom is 0.407 e. The van der Waals surface area contributed by atoms with Gasteiger partial charge in [0.15, 0.2) is 0 Å². The number of hydrogen-bond acceptors (Lipinski definition) is 3. The highest BCUT2D eigenvalue weighted by molar-refractivity contribution is 5.67. The Morgan fingerprint density at radius 1 is 1.37 bits per heavy atom. The maximum absolute atomic E-state index is 11.6. The van der Waals surface area contributed by atoms with Crippen molar-refractivity contribution < 1.29 is 14.6 Å². The van der Waals surface area contributed by atoms with Gasteiger partial charge in [-0.25, -0.2) is 4.79 Å². The Bertz CT molecular complexity index is 365. The number of unbranched alkanes of at least 4 members (excludes halogenated alkanes) is 1. The van der Waals surface area contributed by atoms with Crippen LogP contribution in [0.3, 0.4) is 0 Å². The summed E-state index contributed by atoms with van der Waals surface area (Å²) in [7, 11) is 0. The number of carbonyl (C=O) groups is 1. The lowest BCUT2D eigenvalue weighted by atomic mass is 10.0. The van der Waals surface area contributed by atoms with E-state index in [1.807, 2.05) is 37.3 Å². The molecule has 0 saturated heterocycles. The lowest BCUT2D eigenvalue weighted by Gasteiger charge is -2.21. The SMILES string of the molecule is CCCCOC(=O)NC(Cc1ccccc1)C(C)O. The normalized spacial score (nSPS) is 13.6. The predicted octanol–water partition coefficient (Wildman–Crippen LogP) is 2.50. The second-order valence-corrected chi connectivity index (χ2v) is 4.67. The molecule has 0 radical (unpaired) electrons. The Kier molecular flexibility index (Phi) is 6.97. The molecule has 2 atom stereocenters. The van der Waals surface area contributed by atoms with E-state index in [4.69, 9.17) is 4.74 Å². The monoisotopic (exact) mass is 265 g/mol. The fourth-order valence-corrected chi connectivity index (χ4v) is 1.71. The molecule has 4 nitrogen and oxygen atoms in total. The summed E-state index contributed by atoms with van der Waals surface area (Å²) >= 11 is 0. The van der Waals surface area contributed by atoms with Gasteiger partial charge >= 0.3 is 6.09 Å². The van der Waals surface area contributed by atoms with Gasteiger partial charge in [-0.2, -0.15) is 0 Å². The first-order valence-electron chi connectivity index (χ1n) is 6.78. The molecule has 0 aliphatic rings. The quantitative estimate of drug-likeness (QED) is 0.745. The van der Waals surface area contributed by atoms with Crippen LogP contribution >= 0.6 is 0 Å². The average molecular weight is 265 g/mol. The van der Waals surface area contributed by atoms with Crippen LogP contribution in [0.2, 0.25) is 0 Å². The molecule has 0 aliphatic heterocycles. The first-order valence-corrected chi connectivity index (χ1v) is 6.78. The van der Waals surface area contributed by atoms with Gasteiger partial charge in [-0.05, 0) is 25.3 Å². The number of hydrogen-bond donors (Lipinski definition) is 2. The zero-order valence-electron chi connectivity index (χ0n) is 11.6. The predicted molar refractivity (Wildman–Crippen MR) is 75.0 cm³/mol. The molecule has 1 aromatic rings. The van der Waals surface area contributed by atoms with Gasteiger partial charge in [-0.15, -0.1) is 0 Å². The van der Waals surface area contributed by atoms with E-state index in [1.165, 1.54) is 0 Å². The molecule has 1 rings (SSSR count). The smallest absolute Gasteiger partial charge is 0.407 e. The minimum absolute atomic E-state index is 0.337. The summed E-state index contributed by atoms with van der Waals surface area (Å²) < 4.78 is 5.04. The maximum atomic E-state index is 11.6. The minimum Gasteiger partial charge on any atom is -0.450 e. The number of aliphatic hydroxyl groups excluding tert-OH is 1. The van der Waals surface area contributed by atoms with Crippen LogP contribution in [-0.2, 0) is 11.2 Å². The molecule has 4 heteroatoms. The van der Waals surface area contributed by atoms with E-state index in [0.717, 1.165) is 18.4 Å². The van der Waals surface area contributed by atoms with Crippen LogP contribution in [0.4, 0.5) is 4.79 Å². The molecule has 19 heavy (non-hydrogen) atoms. The topological polar surface area (TPSA) is 58.6 Å². The van der Waals surface area contributed by atoms with Crippen molar-refractivity contribution in [2.75, 3.05) is 6.61 Å². The van der Waals surface area contributed by atoms with Crippen molar-refractivity contribution in [2.45, 2.75) is 45.3 Å². The van der Waals surface area contributed by atoms with Crippen LogP contribution in [0, 0.1) is 0 Å². The average Bonchev–Trinajstić information content (AvgIpc) is 2.39. The lowest BCUT2D eigenvalue weighted by Crippen LogP contribution is -2.43. The van der Waals surface area contributed by atoms with Crippen LogP contribution < -0.4 is 5.32 Å². The molecule has 106 valence electrons. The second kappa shape index (κ2) is 8.53. The first kappa shape index (κ1) is 15.5. The first-order chi connectivity index (χ1) is 9.13. The van der Waals surface area contributed by atoms with E-state index in [9.17, 15) is 9.90 Å². The zero-order chi connectivity index (χ0) is 14.1. The second-order valence-electron chi connectivity index (χ2n) is 4.67. The van der Waals surface area contributed by atoms with Crippen LogP contribution in [0.15, 0.2) is 30.3 Å². The van der Waals surface area contributed by atoms with Crippen LogP contribution in [0.1, 0.15) is 32.3 Å². The Morgan fingerprint density at radius 2 is 2.05 bits per heavy atom. The summed E-state index contributed by atoms with van der Waals surface area (Å²) in [5, 5.41) is 12.4. The fraction of sp³-hybridized carbons (Fsp3) is 0.533. The van der Waals surface area contributed by atoms with Gasteiger partial charge in [-0.1, -0.05) is 43.7 Å². The van der Waals surface area contributed by atoms with Crippen molar-refractivity contribution in [3.8, 4) is 0 Å². The fourth-order valence-electron chi connectivity index (χ4n) is 1.71. The van der Waals surface area contributed by atoms with Gasteiger partial charge in [0, 0.05) is 0 Å². The Morgan fingerprint density at radius 3 is 2.63 bits per heavy atom. The summed E-state index contributed by atoms with van der Waals surface area (Å²) in [6, 6.07) is 9.42. The third-order valence-electron chi connectivity index (χ3n) is 2.92. The van der Waals surface area contributed by atoms with Gasteiger partial charge in [-0.3, -0.25) is 0 Å². The van der Waals surface area contributed by atoms with Gasteiger partial charge in [0.05, 0.1) is 18.8 Å². The van der Waals surface area contributed by atoms with Crippen molar-refractivity contribution in [3.05, 3.63) is 35.9 Å². The Balaban J connectivity index is 2.47. The largest absolute Gasteiger partial charge is 0.450 e. The zero-order valence-corrected chi connectivity index (χ0v) is 11.6. The van der Waals surface area contributed by atoms with Crippen molar-refractivity contribution in [2.24, 2.45) is 0 Å². The number of rotatable bonds is 7. The molecule has 1 aromatic carbocycles. The molecular formula is C15H23NO3. The third kappa shape index (κ3) is 6.25.